The molecule has 0 spiro atoms. The highest BCUT2D eigenvalue weighted by molar-refractivity contribution is 7.12. The number of hydrogen-bond acceptors (Lipinski definition) is 6. The molecule has 4 rings (SSSR count). The number of pyridine rings is 1. The average molecular weight is 427 g/mol. The first-order valence-corrected chi connectivity index (χ1v) is 11.2. The quantitative estimate of drug-likeness (QED) is 0.622. The van der Waals surface area contributed by atoms with Crippen molar-refractivity contribution in [2.75, 3.05) is 0 Å². The van der Waals surface area contributed by atoms with Gasteiger partial charge in [-0.2, -0.15) is 0 Å². The second-order valence-electron chi connectivity index (χ2n) is 9.80. The van der Waals surface area contributed by atoms with Gasteiger partial charge >= 0.3 is 0 Å². The molecule has 1 amide bonds. The van der Waals surface area contributed by atoms with Gasteiger partial charge in [0.05, 0.1) is 22.3 Å². The number of fused-ring (bicyclic) bond motifs is 1. The predicted molar refractivity (Wildman–Crippen MR) is 121 cm³/mol. The van der Waals surface area contributed by atoms with Gasteiger partial charge < -0.3 is 15.2 Å². The van der Waals surface area contributed by atoms with Gasteiger partial charge in [0.15, 0.2) is 0 Å². The first-order valence-electron chi connectivity index (χ1n) is 10.4. The van der Waals surface area contributed by atoms with Crippen molar-refractivity contribution in [1.82, 2.24) is 20.8 Å². The van der Waals surface area contributed by atoms with Gasteiger partial charge in [0.1, 0.15) is 0 Å². The molecule has 3 aromatic heterocycles. The molecule has 3 aromatic rings. The molecule has 6 nitrogen and oxygen atoms in total. The van der Waals surface area contributed by atoms with Crippen molar-refractivity contribution >= 4 is 28.3 Å². The molecule has 4 heterocycles. The van der Waals surface area contributed by atoms with Crippen LogP contribution in [0.4, 0.5) is 0 Å². The molecule has 0 unspecified atom stereocenters. The summed E-state index contributed by atoms with van der Waals surface area (Å²) in [6.45, 7) is 14.7. The minimum absolute atomic E-state index is 0.0448. The molecule has 2 N–H and O–H groups in total. The number of aryl methyl sites for hydroxylation is 3. The fourth-order valence-corrected chi connectivity index (χ4v) is 5.92. The van der Waals surface area contributed by atoms with E-state index in [4.69, 9.17) is 4.52 Å². The summed E-state index contributed by atoms with van der Waals surface area (Å²) < 4.78 is 5.46. The summed E-state index contributed by atoms with van der Waals surface area (Å²) in [5.74, 6) is -0.0990. The van der Waals surface area contributed by atoms with E-state index in [2.05, 4.69) is 68.4 Å². The average Bonchev–Trinajstić information content (AvgIpc) is 3.13. The standard InChI is InChI=1S/C23H30N4O2S/c1-12-8-16(14(3)30-12)18-9-17(19-13(2)26-29-21(19)25-18)20(28)24-15-10-22(4,5)27-23(6,7)11-15/h8-9,15,27H,10-11H2,1-7H3,(H,24,28). The lowest BCUT2D eigenvalue weighted by Gasteiger charge is -2.46. The molecule has 1 fully saturated rings. The second-order valence-corrected chi connectivity index (χ2v) is 11.3. The number of carbonyl (C=O) groups excluding carboxylic acids is 1. The monoisotopic (exact) mass is 426 g/mol. The van der Waals surface area contributed by atoms with Crippen LogP contribution in [0.5, 0.6) is 0 Å². The Labute approximate surface area is 181 Å². The predicted octanol–water partition coefficient (Wildman–Crippen LogP) is 4.92. The van der Waals surface area contributed by atoms with Crippen molar-refractivity contribution in [3.8, 4) is 11.3 Å². The molecule has 30 heavy (non-hydrogen) atoms. The van der Waals surface area contributed by atoms with E-state index >= 15 is 0 Å². The highest BCUT2D eigenvalue weighted by Crippen LogP contribution is 2.33. The van der Waals surface area contributed by atoms with Gasteiger partial charge in [0, 0.05) is 32.4 Å². The lowest BCUT2D eigenvalue weighted by molar-refractivity contribution is 0.0874. The van der Waals surface area contributed by atoms with Gasteiger partial charge in [-0.1, -0.05) is 5.16 Å². The smallest absolute Gasteiger partial charge is 0.259 e. The van der Waals surface area contributed by atoms with E-state index in [0.717, 1.165) is 24.1 Å². The summed E-state index contributed by atoms with van der Waals surface area (Å²) in [6, 6.07) is 4.07. The number of hydrogen-bond donors (Lipinski definition) is 2. The number of rotatable bonds is 3. The van der Waals surface area contributed by atoms with Crippen molar-refractivity contribution in [1.29, 1.82) is 0 Å². The van der Waals surface area contributed by atoms with Crippen LogP contribution in [-0.4, -0.2) is 33.2 Å². The summed E-state index contributed by atoms with van der Waals surface area (Å²) in [7, 11) is 0. The second kappa shape index (κ2) is 7.17. The topological polar surface area (TPSA) is 80.0 Å². The summed E-state index contributed by atoms with van der Waals surface area (Å²) in [6.07, 6.45) is 1.74. The number of thiophene rings is 1. The van der Waals surface area contributed by atoms with Gasteiger partial charge in [0.25, 0.3) is 11.6 Å². The van der Waals surface area contributed by atoms with E-state index in [0.29, 0.717) is 22.4 Å². The number of aromatic nitrogens is 2. The Kier molecular flexibility index (Phi) is 5.02. The molecule has 0 atom stereocenters. The third-order valence-corrected chi connectivity index (χ3v) is 6.67. The fraction of sp³-hybridized carbons (Fsp3) is 0.522. The summed E-state index contributed by atoms with van der Waals surface area (Å²) >= 11 is 1.72. The molecule has 0 radical (unpaired) electrons. The van der Waals surface area contributed by atoms with Crippen molar-refractivity contribution in [2.24, 2.45) is 0 Å². The Bertz CT molecular complexity index is 1110. The molecule has 0 aliphatic carbocycles. The minimum atomic E-state index is -0.0990. The maximum Gasteiger partial charge on any atom is 0.259 e. The zero-order valence-corrected chi connectivity index (χ0v) is 19.6. The zero-order valence-electron chi connectivity index (χ0n) is 18.8. The summed E-state index contributed by atoms with van der Waals surface area (Å²) in [5.41, 5.74) is 3.35. The van der Waals surface area contributed by atoms with Gasteiger partial charge in [-0.3, -0.25) is 4.79 Å². The first kappa shape index (κ1) is 21.0. The Morgan fingerprint density at radius 3 is 2.43 bits per heavy atom. The highest BCUT2D eigenvalue weighted by atomic mass is 32.1. The van der Waals surface area contributed by atoms with Crippen LogP contribution < -0.4 is 10.6 Å². The van der Waals surface area contributed by atoms with Crippen molar-refractivity contribution < 1.29 is 9.32 Å². The Morgan fingerprint density at radius 1 is 1.17 bits per heavy atom. The van der Waals surface area contributed by atoms with Crippen LogP contribution in [0.25, 0.3) is 22.4 Å². The van der Waals surface area contributed by atoms with Crippen LogP contribution >= 0.6 is 11.3 Å². The maximum absolute atomic E-state index is 13.4. The normalized spacial score (nSPS) is 18.6. The van der Waals surface area contributed by atoms with Gasteiger partial charge in [-0.05, 0) is 73.4 Å². The number of nitrogens with one attached hydrogen (secondary N) is 2. The molecule has 1 aliphatic heterocycles. The van der Waals surface area contributed by atoms with Gasteiger partial charge in [-0.15, -0.1) is 11.3 Å². The summed E-state index contributed by atoms with van der Waals surface area (Å²) in [5, 5.41) is 11.7. The molecule has 7 heteroatoms. The Balaban J connectivity index is 1.73. The molecule has 0 bridgehead atoms. The Hall–Kier alpha value is -2.25. The molecule has 0 aromatic carbocycles. The minimum Gasteiger partial charge on any atom is -0.349 e. The van der Waals surface area contributed by atoms with E-state index in [1.165, 1.54) is 9.75 Å². The van der Waals surface area contributed by atoms with Crippen LogP contribution in [0.3, 0.4) is 0 Å². The van der Waals surface area contributed by atoms with Crippen molar-refractivity contribution in [2.45, 2.75) is 78.4 Å². The molecule has 160 valence electrons. The summed E-state index contributed by atoms with van der Waals surface area (Å²) in [4.78, 5) is 20.5. The third-order valence-electron chi connectivity index (χ3n) is 5.70. The van der Waals surface area contributed by atoms with E-state index in [9.17, 15) is 4.79 Å². The lowest BCUT2D eigenvalue weighted by atomic mass is 9.79. The highest BCUT2D eigenvalue weighted by Gasteiger charge is 2.38. The van der Waals surface area contributed by atoms with Crippen molar-refractivity contribution in [3.05, 3.63) is 33.1 Å². The number of carbonyl (C=O) groups is 1. The molecule has 1 saturated heterocycles. The van der Waals surface area contributed by atoms with Gasteiger partial charge in [0.2, 0.25) is 0 Å². The van der Waals surface area contributed by atoms with Crippen LogP contribution in [0, 0.1) is 20.8 Å². The number of piperidine rings is 1. The van der Waals surface area contributed by atoms with Gasteiger partial charge in [-0.25, -0.2) is 4.98 Å². The fourth-order valence-electron chi connectivity index (χ4n) is 4.98. The lowest BCUT2D eigenvalue weighted by Crippen LogP contribution is -2.62. The molecule has 1 aliphatic rings. The SMILES string of the molecule is Cc1cc(-c2cc(C(=O)NC3CC(C)(C)NC(C)(C)C3)c3c(C)noc3n2)c(C)s1. The third kappa shape index (κ3) is 4.01. The molecular weight excluding hydrogens is 396 g/mol. The van der Waals surface area contributed by atoms with Crippen LogP contribution in [0.2, 0.25) is 0 Å². The van der Waals surface area contributed by atoms with Crippen LogP contribution in [0.1, 0.15) is 66.3 Å². The van der Waals surface area contributed by atoms with E-state index in [1.807, 2.05) is 13.0 Å². The van der Waals surface area contributed by atoms with Crippen LogP contribution in [0.15, 0.2) is 16.7 Å². The molecular formula is C23H30N4O2S. The van der Waals surface area contributed by atoms with E-state index in [-0.39, 0.29) is 23.0 Å². The Morgan fingerprint density at radius 2 is 1.83 bits per heavy atom. The number of amides is 1. The number of nitrogens with zero attached hydrogens (tertiary/aromatic N) is 2. The zero-order chi connectivity index (χ0) is 21.8. The van der Waals surface area contributed by atoms with E-state index in [1.54, 1.807) is 11.3 Å². The van der Waals surface area contributed by atoms with E-state index < -0.39 is 0 Å². The van der Waals surface area contributed by atoms with Crippen LogP contribution in [-0.2, 0) is 0 Å². The van der Waals surface area contributed by atoms with Crippen molar-refractivity contribution in [3.63, 3.8) is 0 Å². The first-order chi connectivity index (χ1) is 13.9. The maximum atomic E-state index is 13.4. The molecule has 0 saturated carbocycles. The largest absolute Gasteiger partial charge is 0.349 e.